The summed E-state index contributed by atoms with van der Waals surface area (Å²) in [4.78, 5) is 7.11. The van der Waals surface area contributed by atoms with Crippen LogP contribution in [-0.2, 0) is 0 Å². The van der Waals surface area contributed by atoms with E-state index in [0.29, 0.717) is 0 Å². The summed E-state index contributed by atoms with van der Waals surface area (Å²) in [5, 5.41) is 0. The molecule has 5 heteroatoms. The number of hydrogen-bond acceptors (Lipinski definition) is 5. The standard InChI is InChI=1S/C11H16S5/c1-12-7-6-8(13-2)10(15-4)11(16-5)9(7)14-3/h6H,1-5H3. The maximum Gasteiger partial charge on any atom is 0.0364 e. The number of hydrogen-bond donors (Lipinski definition) is 0. The lowest BCUT2D eigenvalue weighted by atomic mass is 10.3. The van der Waals surface area contributed by atoms with Crippen LogP contribution < -0.4 is 0 Å². The third-order valence-electron chi connectivity index (χ3n) is 2.17. The van der Waals surface area contributed by atoms with E-state index in [4.69, 9.17) is 0 Å². The molecule has 0 fully saturated rings. The van der Waals surface area contributed by atoms with Crippen molar-refractivity contribution in [1.29, 1.82) is 0 Å². The Kier molecular flexibility index (Phi) is 6.96. The Bertz CT molecular complexity index is 332. The molecule has 90 valence electrons. The molecule has 0 saturated heterocycles. The molecule has 1 rings (SSSR count). The van der Waals surface area contributed by atoms with Gasteiger partial charge >= 0.3 is 0 Å². The summed E-state index contributed by atoms with van der Waals surface area (Å²) in [5.74, 6) is 0. The van der Waals surface area contributed by atoms with Crippen molar-refractivity contribution in [2.24, 2.45) is 0 Å². The Morgan fingerprint density at radius 3 is 1.19 bits per heavy atom. The average molecular weight is 309 g/mol. The van der Waals surface area contributed by atoms with Gasteiger partial charge in [0, 0.05) is 24.5 Å². The first-order chi connectivity index (χ1) is 7.73. The topological polar surface area (TPSA) is 0 Å². The van der Waals surface area contributed by atoms with Crippen molar-refractivity contribution >= 4 is 58.8 Å². The minimum Gasteiger partial charge on any atom is -0.128 e. The summed E-state index contributed by atoms with van der Waals surface area (Å²) >= 11 is 9.26. The van der Waals surface area contributed by atoms with E-state index < -0.39 is 0 Å². The van der Waals surface area contributed by atoms with Gasteiger partial charge in [0.1, 0.15) is 0 Å². The molecule has 0 saturated carbocycles. The monoisotopic (exact) mass is 308 g/mol. The lowest BCUT2D eigenvalue weighted by molar-refractivity contribution is 0.967. The van der Waals surface area contributed by atoms with Crippen LogP contribution in [0.5, 0.6) is 0 Å². The lowest BCUT2D eigenvalue weighted by Gasteiger charge is -2.17. The Hall–Kier alpha value is 0.970. The molecule has 0 unspecified atom stereocenters. The number of rotatable bonds is 5. The van der Waals surface area contributed by atoms with E-state index in [1.807, 2.05) is 58.8 Å². The van der Waals surface area contributed by atoms with Crippen molar-refractivity contribution in [1.82, 2.24) is 0 Å². The van der Waals surface area contributed by atoms with Crippen molar-refractivity contribution in [2.45, 2.75) is 24.5 Å². The van der Waals surface area contributed by atoms with E-state index in [-0.39, 0.29) is 0 Å². The predicted molar refractivity (Wildman–Crippen MR) is 85.3 cm³/mol. The minimum absolute atomic E-state index is 1.40. The molecule has 0 N–H and O–H groups in total. The fourth-order valence-corrected chi connectivity index (χ4v) is 6.45. The molecule has 1 aromatic rings. The van der Waals surface area contributed by atoms with Crippen LogP contribution in [0.1, 0.15) is 0 Å². The van der Waals surface area contributed by atoms with E-state index in [0.717, 1.165) is 0 Å². The zero-order valence-corrected chi connectivity index (χ0v) is 14.2. The Balaban J connectivity index is 3.47. The van der Waals surface area contributed by atoms with Gasteiger partial charge in [-0.1, -0.05) is 0 Å². The van der Waals surface area contributed by atoms with Crippen LogP contribution in [0.3, 0.4) is 0 Å². The van der Waals surface area contributed by atoms with Gasteiger partial charge in [-0.3, -0.25) is 0 Å². The van der Waals surface area contributed by atoms with Crippen LogP contribution in [-0.4, -0.2) is 31.3 Å². The molecule has 0 atom stereocenters. The highest BCUT2D eigenvalue weighted by atomic mass is 32.2. The Morgan fingerprint density at radius 2 is 0.938 bits per heavy atom. The van der Waals surface area contributed by atoms with Crippen LogP contribution in [0.4, 0.5) is 0 Å². The van der Waals surface area contributed by atoms with Crippen LogP contribution in [0.2, 0.25) is 0 Å². The third kappa shape index (κ3) is 3.05. The highest BCUT2D eigenvalue weighted by Gasteiger charge is 2.15. The fraction of sp³-hybridized carbons (Fsp3) is 0.455. The highest BCUT2D eigenvalue weighted by Crippen LogP contribution is 2.45. The first-order valence-electron chi connectivity index (χ1n) is 4.64. The molecule has 0 aromatic heterocycles. The molecule has 0 aliphatic heterocycles. The second-order valence-corrected chi connectivity index (χ2v) is 7.03. The summed E-state index contributed by atoms with van der Waals surface area (Å²) in [5.41, 5.74) is 0. The van der Waals surface area contributed by atoms with E-state index in [2.05, 4.69) is 37.3 Å². The molecule has 0 aliphatic carbocycles. The van der Waals surface area contributed by atoms with Gasteiger partial charge in [0.25, 0.3) is 0 Å². The first kappa shape index (κ1) is 15.0. The molecule has 0 spiro atoms. The lowest BCUT2D eigenvalue weighted by Crippen LogP contribution is -1.89. The molecular weight excluding hydrogens is 292 g/mol. The maximum atomic E-state index is 2.33. The molecule has 0 amide bonds. The van der Waals surface area contributed by atoms with E-state index in [1.54, 1.807) is 0 Å². The normalized spacial score (nSPS) is 10.8. The van der Waals surface area contributed by atoms with Gasteiger partial charge < -0.3 is 0 Å². The van der Waals surface area contributed by atoms with Crippen molar-refractivity contribution in [3.8, 4) is 0 Å². The quantitative estimate of drug-likeness (QED) is 0.675. The average Bonchev–Trinajstić information content (AvgIpc) is 2.35. The van der Waals surface area contributed by atoms with Crippen molar-refractivity contribution in [3.05, 3.63) is 6.07 Å². The maximum absolute atomic E-state index is 2.33. The summed E-state index contributed by atoms with van der Waals surface area (Å²) in [7, 11) is 0. The number of thioether (sulfide) groups is 5. The molecule has 0 aliphatic rings. The van der Waals surface area contributed by atoms with Crippen LogP contribution in [0, 0.1) is 0 Å². The van der Waals surface area contributed by atoms with E-state index in [9.17, 15) is 0 Å². The van der Waals surface area contributed by atoms with E-state index in [1.165, 1.54) is 24.5 Å². The van der Waals surface area contributed by atoms with Gasteiger partial charge in [0.2, 0.25) is 0 Å². The second-order valence-electron chi connectivity index (χ2n) is 2.88. The Labute approximate surface area is 120 Å². The predicted octanol–water partition coefficient (Wildman–Crippen LogP) is 5.30. The van der Waals surface area contributed by atoms with Crippen LogP contribution in [0.15, 0.2) is 30.5 Å². The molecule has 0 heterocycles. The second kappa shape index (κ2) is 7.41. The molecule has 1 aromatic carbocycles. The third-order valence-corrected chi connectivity index (χ3v) is 6.70. The van der Waals surface area contributed by atoms with Gasteiger partial charge in [-0.25, -0.2) is 0 Å². The van der Waals surface area contributed by atoms with Gasteiger partial charge in [-0.05, 0) is 37.3 Å². The first-order valence-corrected chi connectivity index (χ1v) is 10.8. The SMILES string of the molecule is CSc1cc(SC)c(SC)c(SC)c1SC. The van der Waals surface area contributed by atoms with Crippen LogP contribution >= 0.6 is 58.8 Å². The fourth-order valence-electron chi connectivity index (χ4n) is 1.45. The van der Waals surface area contributed by atoms with Gasteiger partial charge in [0.15, 0.2) is 0 Å². The molecule has 16 heavy (non-hydrogen) atoms. The molecule has 0 radical (unpaired) electrons. The smallest absolute Gasteiger partial charge is 0.0364 e. The summed E-state index contributed by atoms with van der Waals surface area (Å²) in [6.45, 7) is 0. The molecule has 0 nitrogen and oxygen atoms in total. The summed E-state index contributed by atoms with van der Waals surface area (Å²) in [6.07, 6.45) is 10.8. The van der Waals surface area contributed by atoms with Gasteiger partial charge in [-0.2, -0.15) is 0 Å². The highest BCUT2D eigenvalue weighted by molar-refractivity contribution is 8.04. The molecule has 0 bridgehead atoms. The summed E-state index contributed by atoms with van der Waals surface area (Å²) in [6, 6.07) is 2.33. The van der Waals surface area contributed by atoms with Gasteiger partial charge in [-0.15, -0.1) is 58.8 Å². The van der Waals surface area contributed by atoms with Crippen molar-refractivity contribution in [2.75, 3.05) is 31.3 Å². The van der Waals surface area contributed by atoms with Gasteiger partial charge in [0.05, 0.1) is 0 Å². The zero-order chi connectivity index (χ0) is 12.1. The van der Waals surface area contributed by atoms with Crippen LogP contribution in [0.25, 0.3) is 0 Å². The number of benzene rings is 1. The molecular formula is C11H16S5. The Morgan fingerprint density at radius 1 is 0.562 bits per heavy atom. The van der Waals surface area contributed by atoms with E-state index >= 15 is 0 Å². The minimum atomic E-state index is 1.40. The summed E-state index contributed by atoms with van der Waals surface area (Å²) < 4.78 is 0. The zero-order valence-electron chi connectivity index (χ0n) is 10.1. The van der Waals surface area contributed by atoms with Crippen molar-refractivity contribution in [3.63, 3.8) is 0 Å². The largest absolute Gasteiger partial charge is 0.128 e. The van der Waals surface area contributed by atoms with Crippen molar-refractivity contribution < 1.29 is 0 Å².